The van der Waals surface area contributed by atoms with E-state index in [2.05, 4.69) is 11.6 Å². The summed E-state index contributed by atoms with van der Waals surface area (Å²) in [5.74, 6) is -0.416. The molecule has 0 aromatic heterocycles. The Labute approximate surface area is 163 Å². The van der Waals surface area contributed by atoms with Crippen molar-refractivity contribution >= 4 is 18.5 Å². The normalized spacial score (nSPS) is 11.5. The lowest BCUT2D eigenvalue weighted by Crippen LogP contribution is -2.30. The van der Waals surface area contributed by atoms with Crippen molar-refractivity contribution in [1.29, 1.82) is 0 Å². The van der Waals surface area contributed by atoms with Gasteiger partial charge in [-0.3, -0.25) is 4.99 Å². The number of hydrogen-bond acceptors (Lipinski definition) is 6. The predicted octanol–water partition coefficient (Wildman–Crippen LogP) is 3.94. The summed E-state index contributed by atoms with van der Waals surface area (Å²) in [6, 6.07) is 17.8. The van der Waals surface area contributed by atoms with Gasteiger partial charge in [0.1, 0.15) is 11.4 Å². The van der Waals surface area contributed by atoms with Gasteiger partial charge in [-0.1, -0.05) is 55.1 Å². The summed E-state index contributed by atoms with van der Waals surface area (Å²) in [5.41, 5.74) is 1.03. The fraction of sp³-hybridized carbons (Fsp3) is 0.190. The molecule has 2 aromatic rings. The Bertz CT molecular complexity index is 821. The van der Waals surface area contributed by atoms with E-state index in [0.29, 0.717) is 5.75 Å². The van der Waals surface area contributed by atoms with Gasteiger partial charge in [0.05, 0.1) is 12.4 Å². The molecular weight excluding hydrogens is 360 g/mol. The highest BCUT2D eigenvalue weighted by Gasteiger charge is 2.22. The summed E-state index contributed by atoms with van der Waals surface area (Å²) in [6.45, 7) is 5.08. The molecule has 2 rings (SSSR count). The second-order valence-corrected chi connectivity index (χ2v) is 5.67. The number of esters is 1. The number of aliphatic imine (C=N–C) groups is 1. The molecule has 0 spiro atoms. The smallest absolute Gasteiger partial charge is 0.423 e. The van der Waals surface area contributed by atoms with Crippen LogP contribution < -0.4 is 4.74 Å². The highest BCUT2D eigenvalue weighted by molar-refractivity contribution is 5.90. The van der Waals surface area contributed by atoms with E-state index in [-0.39, 0.29) is 11.7 Å². The summed E-state index contributed by atoms with van der Waals surface area (Å²) in [5, 5.41) is 0. The number of para-hydroxylation sites is 1. The van der Waals surface area contributed by atoms with E-state index >= 15 is 0 Å². The third kappa shape index (κ3) is 5.98. The fourth-order valence-corrected chi connectivity index (χ4v) is 2.35. The molecule has 0 fully saturated rings. The second kappa shape index (κ2) is 10.5. The third-order valence-corrected chi connectivity index (χ3v) is 3.80. The average Bonchev–Trinajstić information content (AvgIpc) is 2.72. The van der Waals surface area contributed by atoms with Gasteiger partial charge in [0.15, 0.2) is 0 Å². The minimum absolute atomic E-state index is 0.0574. The van der Waals surface area contributed by atoms with Crippen molar-refractivity contribution in [2.75, 3.05) is 13.8 Å². The van der Waals surface area contributed by atoms with Crippen molar-refractivity contribution in [3.8, 4) is 5.75 Å². The zero-order chi connectivity index (χ0) is 20.4. The number of carbonyl (C=O) groups is 2. The summed E-state index contributed by atoms with van der Waals surface area (Å²) in [7, 11) is 1.59. The Morgan fingerprint density at radius 1 is 1.07 bits per heavy atom. The van der Waals surface area contributed by atoms with Crippen molar-refractivity contribution in [2.45, 2.75) is 13.0 Å². The topological polar surface area (TPSA) is 77.4 Å². The van der Waals surface area contributed by atoms with Gasteiger partial charge in [-0.05, 0) is 24.6 Å². The van der Waals surface area contributed by atoms with E-state index in [1.807, 2.05) is 37.3 Å². The largest absolute Gasteiger partial charge is 0.516 e. The van der Waals surface area contributed by atoms with Crippen LogP contribution in [0, 0.1) is 0 Å². The molecule has 0 aliphatic rings. The summed E-state index contributed by atoms with van der Waals surface area (Å²) in [4.78, 5) is 29.4. The van der Waals surface area contributed by atoms with Crippen LogP contribution in [0.2, 0.25) is 0 Å². The van der Waals surface area contributed by atoms with Crippen LogP contribution in [0.15, 0.2) is 77.9 Å². The molecule has 7 heteroatoms. The van der Waals surface area contributed by atoms with Crippen LogP contribution in [0.5, 0.6) is 5.75 Å². The van der Waals surface area contributed by atoms with Gasteiger partial charge in [0.2, 0.25) is 6.79 Å². The third-order valence-electron chi connectivity index (χ3n) is 3.80. The van der Waals surface area contributed by atoms with E-state index in [4.69, 9.17) is 14.2 Å². The van der Waals surface area contributed by atoms with Crippen LogP contribution in [0.4, 0.5) is 4.79 Å². The van der Waals surface area contributed by atoms with Crippen LogP contribution in [0.1, 0.15) is 18.5 Å². The number of hydrogen-bond donors (Lipinski definition) is 0. The summed E-state index contributed by atoms with van der Waals surface area (Å²) >= 11 is 0. The van der Waals surface area contributed by atoms with Crippen molar-refractivity contribution in [2.24, 2.45) is 4.99 Å². The fourth-order valence-electron chi connectivity index (χ4n) is 2.35. The Kier molecular flexibility index (Phi) is 7.77. The van der Waals surface area contributed by atoms with Crippen LogP contribution in [-0.2, 0) is 14.3 Å². The molecule has 28 heavy (non-hydrogen) atoms. The van der Waals surface area contributed by atoms with E-state index in [1.54, 1.807) is 42.3 Å². The van der Waals surface area contributed by atoms with Gasteiger partial charge in [-0.2, -0.15) is 0 Å². The molecular formula is C21H22N2O5. The highest BCUT2D eigenvalue weighted by Crippen LogP contribution is 2.22. The van der Waals surface area contributed by atoms with Crippen LogP contribution in [-0.4, -0.2) is 37.2 Å². The molecule has 0 unspecified atom stereocenters. The molecule has 0 N–H and O–H groups in total. The Balaban J connectivity index is 1.88. The van der Waals surface area contributed by atoms with Gasteiger partial charge in [0, 0.05) is 7.05 Å². The molecule has 0 saturated carbocycles. The molecule has 0 saturated heterocycles. The van der Waals surface area contributed by atoms with Gasteiger partial charge >= 0.3 is 12.1 Å². The van der Waals surface area contributed by atoms with E-state index in [1.165, 1.54) is 6.34 Å². The summed E-state index contributed by atoms with van der Waals surface area (Å²) in [6.07, 6.45) is 0.514. The first-order valence-corrected chi connectivity index (χ1v) is 8.54. The molecule has 146 valence electrons. The average molecular weight is 382 g/mol. The molecule has 2 aromatic carbocycles. The zero-order valence-corrected chi connectivity index (χ0v) is 15.8. The maximum absolute atomic E-state index is 12.3. The first-order chi connectivity index (χ1) is 13.5. The molecule has 0 aliphatic carbocycles. The van der Waals surface area contributed by atoms with Crippen molar-refractivity contribution in [3.63, 3.8) is 0 Å². The minimum Gasteiger partial charge on any atom is -0.423 e. The number of ether oxygens (including phenoxy) is 3. The SMILES string of the molecule is C=C(C(=O)OCOC(=O)Oc1ccccc1)N(C=NC)[C@H](C)c1ccccc1. The van der Waals surface area contributed by atoms with Gasteiger partial charge in [-0.15, -0.1) is 0 Å². The lowest BCUT2D eigenvalue weighted by molar-refractivity contribution is -0.149. The number of benzene rings is 2. The lowest BCUT2D eigenvalue weighted by Gasteiger charge is -2.27. The van der Waals surface area contributed by atoms with Crippen LogP contribution in [0.25, 0.3) is 0 Å². The van der Waals surface area contributed by atoms with E-state index in [0.717, 1.165) is 5.56 Å². The Morgan fingerprint density at radius 3 is 2.29 bits per heavy atom. The minimum atomic E-state index is -0.978. The van der Waals surface area contributed by atoms with Crippen LogP contribution >= 0.6 is 0 Å². The molecule has 7 nitrogen and oxygen atoms in total. The first kappa shape index (κ1) is 20.7. The van der Waals surface area contributed by atoms with Crippen LogP contribution in [0.3, 0.4) is 0 Å². The molecule has 0 heterocycles. The highest BCUT2D eigenvalue weighted by atomic mass is 16.8. The predicted molar refractivity (Wildman–Crippen MR) is 105 cm³/mol. The van der Waals surface area contributed by atoms with Gasteiger partial charge < -0.3 is 19.1 Å². The zero-order valence-electron chi connectivity index (χ0n) is 15.8. The van der Waals surface area contributed by atoms with Gasteiger partial charge in [0.25, 0.3) is 0 Å². The van der Waals surface area contributed by atoms with Crippen molar-refractivity contribution < 1.29 is 23.8 Å². The number of nitrogens with zero attached hydrogens (tertiary/aromatic N) is 2. The van der Waals surface area contributed by atoms with Crippen molar-refractivity contribution in [1.82, 2.24) is 4.90 Å². The molecule has 0 amide bonds. The standard InChI is InChI=1S/C21H22N2O5/c1-16(18-10-6-4-7-11-18)23(14-22-3)17(2)20(24)26-15-27-21(25)28-19-12-8-5-9-13-19/h4-14,16H,2,15H2,1,3H3/t16-/m1/s1. The summed E-state index contributed by atoms with van der Waals surface area (Å²) < 4.78 is 14.6. The van der Waals surface area contributed by atoms with E-state index in [9.17, 15) is 9.59 Å². The first-order valence-electron chi connectivity index (χ1n) is 8.54. The quantitative estimate of drug-likeness (QED) is 0.172. The Hall–Kier alpha value is -3.61. The molecule has 1 atom stereocenters. The lowest BCUT2D eigenvalue weighted by atomic mass is 10.1. The number of carbonyl (C=O) groups excluding carboxylic acids is 2. The van der Waals surface area contributed by atoms with Crippen molar-refractivity contribution in [3.05, 3.63) is 78.5 Å². The number of rotatable bonds is 8. The molecule has 0 aliphatic heterocycles. The van der Waals surface area contributed by atoms with Gasteiger partial charge in [-0.25, -0.2) is 9.59 Å². The molecule has 0 bridgehead atoms. The second-order valence-electron chi connectivity index (χ2n) is 5.67. The molecule has 0 radical (unpaired) electrons. The maximum Gasteiger partial charge on any atom is 0.516 e. The Morgan fingerprint density at radius 2 is 1.68 bits per heavy atom. The van der Waals surface area contributed by atoms with E-state index < -0.39 is 18.9 Å². The maximum atomic E-state index is 12.3. The monoisotopic (exact) mass is 382 g/mol.